The van der Waals surface area contributed by atoms with Crippen molar-refractivity contribution in [3.05, 3.63) is 18.2 Å². The Morgan fingerprint density at radius 2 is 2.25 bits per heavy atom. The third-order valence-corrected chi connectivity index (χ3v) is 4.33. The molecule has 1 aliphatic rings. The van der Waals surface area contributed by atoms with Gasteiger partial charge in [-0.05, 0) is 20.4 Å². The predicted molar refractivity (Wildman–Crippen MR) is 78.8 cm³/mol. The first-order valence-corrected chi connectivity index (χ1v) is 7.57. The molecule has 1 saturated heterocycles. The Balaban J connectivity index is 2.02. The molecule has 0 aromatic carbocycles. The van der Waals surface area contributed by atoms with Crippen molar-refractivity contribution >= 4 is 0 Å². The molecule has 0 radical (unpaired) electrons. The molecule has 0 spiro atoms. The van der Waals surface area contributed by atoms with Gasteiger partial charge in [0.15, 0.2) is 0 Å². The molecule has 1 aromatic rings. The second-order valence-corrected chi connectivity index (χ2v) is 5.44. The summed E-state index contributed by atoms with van der Waals surface area (Å²) >= 11 is 0. The lowest BCUT2D eigenvalue weighted by Gasteiger charge is -2.43. The smallest absolute Gasteiger partial charge is 0.108 e. The van der Waals surface area contributed by atoms with Crippen LogP contribution in [0.2, 0.25) is 0 Å². The molecule has 2 heterocycles. The lowest BCUT2D eigenvalue weighted by atomic mass is 9.83. The van der Waals surface area contributed by atoms with E-state index in [-0.39, 0.29) is 5.60 Å². The highest BCUT2D eigenvalue weighted by Crippen LogP contribution is 2.31. The summed E-state index contributed by atoms with van der Waals surface area (Å²) in [5, 5.41) is 3.46. The van der Waals surface area contributed by atoms with Gasteiger partial charge in [0.05, 0.1) is 5.60 Å². The second kappa shape index (κ2) is 7.20. The van der Waals surface area contributed by atoms with Crippen LogP contribution in [0.15, 0.2) is 12.4 Å². The van der Waals surface area contributed by atoms with Gasteiger partial charge in [0.2, 0.25) is 0 Å². The van der Waals surface area contributed by atoms with Crippen LogP contribution in [0.5, 0.6) is 0 Å². The Morgan fingerprint density at radius 1 is 1.50 bits per heavy atom. The summed E-state index contributed by atoms with van der Waals surface area (Å²) in [5.41, 5.74) is -0.0904. The van der Waals surface area contributed by atoms with E-state index in [1.165, 1.54) is 0 Å². The topological polar surface area (TPSA) is 48.3 Å². The Hall–Kier alpha value is -0.910. The zero-order chi connectivity index (χ0) is 14.4. The van der Waals surface area contributed by atoms with Crippen LogP contribution in [0.25, 0.3) is 0 Å². The van der Waals surface area contributed by atoms with Crippen LogP contribution in [0, 0.1) is 0 Å². The highest BCUT2D eigenvalue weighted by atomic mass is 16.5. The molecule has 0 amide bonds. The number of aryl methyl sites for hydroxylation is 2. The zero-order valence-electron chi connectivity index (χ0n) is 12.9. The van der Waals surface area contributed by atoms with Gasteiger partial charge < -0.3 is 19.4 Å². The fourth-order valence-corrected chi connectivity index (χ4v) is 3.18. The molecule has 1 unspecified atom stereocenters. The number of aromatic nitrogens is 2. The fraction of sp³-hybridized carbons (Fsp3) is 0.800. The maximum Gasteiger partial charge on any atom is 0.108 e. The van der Waals surface area contributed by atoms with Crippen molar-refractivity contribution in [2.75, 3.05) is 26.9 Å². The van der Waals surface area contributed by atoms with Crippen LogP contribution in [-0.2, 0) is 22.9 Å². The summed E-state index contributed by atoms with van der Waals surface area (Å²) in [7, 11) is 4.07. The van der Waals surface area contributed by atoms with Gasteiger partial charge >= 0.3 is 0 Å². The van der Waals surface area contributed by atoms with Gasteiger partial charge in [-0.1, -0.05) is 0 Å². The van der Waals surface area contributed by atoms with Gasteiger partial charge in [-0.2, -0.15) is 0 Å². The van der Waals surface area contributed by atoms with Gasteiger partial charge in [-0.15, -0.1) is 0 Å². The summed E-state index contributed by atoms with van der Waals surface area (Å²) in [6.07, 6.45) is 7.78. The lowest BCUT2D eigenvalue weighted by molar-refractivity contribution is -0.126. The van der Waals surface area contributed by atoms with Crippen molar-refractivity contribution in [3.8, 4) is 0 Å². The highest BCUT2D eigenvalue weighted by molar-refractivity contribution is 4.98. The first-order chi connectivity index (χ1) is 9.72. The van der Waals surface area contributed by atoms with Gasteiger partial charge in [-0.3, -0.25) is 0 Å². The Morgan fingerprint density at radius 3 is 2.80 bits per heavy atom. The second-order valence-electron chi connectivity index (χ2n) is 5.44. The molecule has 5 nitrogen and oxygen atoms in total. The summed E-state index contributed by atoms with van der Waals surface area (Å²) in [5.74, 6) is 1.13. The van der Waals surface area contributed by atoms with Crippen LogP contribution in [0.3, 0.4) is 0 Å². The van der Waals surface area contributed by atoms with Crippen LogP contribution < -0.4 is 5.32 Å². The number of rotatable bonds is 7. The quantitative estimate of drug-likeness (QED) is 0.823. The van der Waals surface area contributed by atoms with E-state index in [0.29, 0.717) is 6.04 Å². The number of imidazole rings is 1. The van der Waals surface area contributed by atoms with Crippen molar-refractivity contribution < 1.29 is 9.47 Å². The van der Waals surface area contributed by atoms with Gasteiger partial charge in [-0.25, -0.2) is 4.98 Å². The van der Waals surface area contributed by atoms with E-state index in [1.807, 2.05) is 26.5 Å². The Bertz CT molecular complexity index is 394. The van der Waals surface area contributed by atoms with Crippen molar-refractivity contribution in [1.82, 2.24) is 14.9 Å². The van der Waals surface area contributed by atoms with E-state index in [2.05, 4.69) is 21.8 Å². The minimum absolute atomic E-state index is 0.0904. The number of ether oxygens (including phenoxy) is 2. The summed E-state index contributed by atoms with van der Waals surface area (Å²) in [4.78, 5) is 4.41. The molecular formula is C15H27N3O2. The highest BCUT2D eigenvalue weighted by Gasteiger charge is 2.40. The Kier molecular flexibility index (Phi) is 5.57. The van der Waals surface area contributed by atoms with Crippen LogP contribution in [0.4, 0.5) is 0 Å². The van der Waals surface area contributed by atoms with Crippen LogP contribution in [0.1, 0.15) is 32.0 Å². The van der Waals surface area contributed by atoms with Crippen molar-refractivity contribution in [2.24, 2.45) is 7.05 Å². The summed E-state index contributed by atoms with van der Waals surface area (Å²) < 4.78 is 13.8. The number of nitrogens with zero attached hydrogens (tertiary/aromatic N) is 2. The maximum absolute atomic E-state index is 6.15. The first kappa shape index (κ1) is 15.5. The predicted octanol–water partition coefficient (Wildman–Crippen LogP) is 1.53. The van der Waals surface area contributed by atoms with E-state index in [1.54, 1.807) is 0 Å². The lowest BCUT2D eigenvalue weighted by Crippen LogP contribution is -2.54. The normalized spacial score (nSPS) is 19.9. The Labute approximate surface area is 121 Å². The van der Waals surface area contributed by atoms with Crippen LogP contribution >= 0.6 is 0 Å². The van der Waals surface area contributed by atoms with Crippen molar-refractivity contribution in [3.63, 3.8) is 0 Å². The third kappa shape index (κ3) is 3.40. The van der Waals surface area contributed by atoms with E-state index in [9.17, 15) is 0 Å². The van der Waals surface area contributed by atoms with Crippen molar-refractivity contribution in [2.45, 2.75) is 44.2 Å². The molecule has 0 bridgehead atoms. The molecule has 2 rings (SSSR count). The molecule has 114 valence electrons. The number of hydrogen-bond acceptors (Lipinski definition) is 4. The fourth-order valence-electron chi connectivity index (χ4n) is 3.18. The summed E-state index contributed by atoms with van der Waals surface area (Å²) in [6.45, 7) is 4.41. The zero-order valence-corrected chi connectivity index (χ0v) is 12.9. The van der Waals surface area contributed by atoms with E-state index in [0.717, 1.165) is 51.3 Å². The van der Waals surface area contributed by atoms with Gasteiger partial charge in [0.25, 0.3) is 0 Å². The van der Waals surface area contributed by atoms with E-state index in [4.69, 9.17) is 9.47 Å². The average molecular weight is 281 g/mol. The van der Waals surface area contributed by atoms with Crippen molar-refractivity contribution in [1.29, 1.82) is 0 Å². The minimum atomic E-state index is -0.0904. The maximum atomic E-state index is 6.15. The van der Waals surface area contributed by atoms with Gasteiger partial charge in [0, 0.05) is 64.6 Å². The molecule has 1 atom stereocenters. The number of likely N-dealkylation sites (N-methyl/N-ethyl adjacent to an activating group) is 1. The molecule has 1 N–H and O–H groups in total. The molecule has 20 heavy (non-hydrogen) atoms. The monoisotopic (exact) mass is 281 g/mol. The molecule has 1 aromatic heterocycles. The minimum Gasteiger partial charge on any atom is -0.381 e. The number of nitrogens with one attached hydrogen (secondary N) is 1. The summed E-state index contributed by atoms with van der Waals surface area (Å²) in [6, 6.07) is 0.336. The molecule has 0 saturated carbocycles. The molecule has 1 aliphatic heterocycles. The molecular weight excluding hydrogens is 254 g/mol. The molecule has 1 fully saturated rings. The largest absolute Gasteiger partial charge is 0.381 e. The molecule has 5 heteroatoms. The average Bonchev–Trinajstić information content (AvgIpc) is 2.86. The molecule has 0 aliphatic carbocycles. The number of hydrogen-bond donors (Lipinski definition) is 1. The standard InChI is InChI=1S/C15H27N3O2/c1-4-20-15(7-11-19-12-8-15)13(16-2)5-6-14-17-9-10-18(14)3/h9-10,13,16H,4-8,11-12H2,1-3H3. The van der Waals surface area contributed by atoms with E-state index >= 15 is 0 Å². The van der Waals surface area contributed by atoms with Gasteiger partial charge in [0.1, 0.15) is 5.82 Å². The third-order valence-electron chi connectivity index (χ3n) is 4.33. The van der Waals surface area contributed by atoms with Crippen LogP contribution in [-0.4, -0.2) is 48.1 Å². The first-order valence-electron chi connectivity index (χ1n) is 7.57. The van der Waals surface area contributed by atoms with E-state index < -0.39 is 0 Å². The SMILES string of the molecule is CCOC1(C(CCc2nccn2C)NC)CCOCC1.